The topological polar surface area (TPSA) is 51.0 Å². The Morgan fingerprint density at radius 1 is 1.09 bits per heavy atom. The highest BCUT2D eigenvalue weighted by Gasteiger charge is 2.21. The van der Waals surface area contributed by atoms with Crippen LogP contribution in [0.2, 0.25) is 0 Å². The van der Waals surface area contributed by atoms with Crippen molar-refractivity contribution in [2.75, 3.05) is 6.54 Å². The van der Waals surface area contributed by atoms with Crippen LogP contribution in [0, 0.1) is 0 Å². The number of benzene rings is 1. The van der Waals surface area contributed by atoms with Crippen LogP contribution >= 0.6 is 0 Å². The van der Waals surface area contributed by atoms with Crippen molar-refractivity contribution in [2.45, 2.75) is 19.5 Å². The number of amides is 1. The summed E-state index contributed by atoms with van der Waals surface area (Å²) in [7, 11) is 0. The number of hydrogen-bond acceptors (Lipinski definition) is 3. The van der Waals surface area contributed by atoms with Gasteiger partial charge in [0.05, 0.1) is 24.1 Å². The summed E-state index contributed by atoms with van der Waals surface area (Å²) in [5.41, 5.74) is 2.44. The smallest absolute Gasteiger partial charge is 0.272 e. The van der Waals surface area contributed by atoms with Crippen LogP contribution in [-0.4, -0.2) is 31.9 Å². The average molecular weight is 292 g/mol. The van der Waals surface area contributed by atoms with Gasteiger partial charge in [0.25, 0.3) is 5.91 Å². The van der Waals surface area contributed by atoms with Crippen molar-refractivity contribution in [3.8, 4) is 0 Å². The summed E-state index contributed by atoms with van der Waals surface area (Å²) >= 11 is 0. The summed E-state index contributed by atoms with van der Waals surface area (Å²) < 4.78 is 2.11. The highest BCUT2D eigenvalue weighted by molar-refractivity contribution is 5.94. The number of para-hydroxylation sites is 1. The number of nitrogens with zero attached hydrogens (tertiary/aromatic N) is 4. The van der Waals surface area contributed by atoms with Crippen LogP contribution in [0.15, 0.2) is 48.9 Å². The van der Waals surface area contributed by atoms with Gasteiger partial charge in [-0.15, -0.1) is 0 Å². The van der Waals surface area contributed by atoms with Gasteiger partial charge in [-0.05, 0) is 18.6 Å². The Morgan fingerprint density at radius 2 is 2.00 bits per heavy atom. The lowest BCUT2D eigenvalue weighted by Crippen LogP contribution is -2.31. The first-order valence-electron chi connectivity index (χ1n) is 7.45. The van der Waals surface area contributed by atoms with Crippen LogP contribution in [-0.2, 0) is 13.1 Å². The molecule has 0 fully saturated rings. The van der Waals surface area contributed by atoms with E-state index in [9.17, 15) is 4.79 Å². The van der Waals surface area contributed by atoms with Gasteiger partial charge in [0.2, 0.25) is 0 Å². The van der Waals surface area contributed by atoms with E-state index in [-0.39, 0.29) is 5.91 Å². The molecule has 110 valence electrons. The highest BCUT2D eigenvalue weighted by atomic mass is 16.2. The van der Waals surface area contributed by atoms with Gasteiger partial charge in [-0.2, -0.15) is 0 Å². The largest absolute Gasteiger partial charge is 0.333 e. The Labute approximate surface area is 128 Å². The van der Waals surface area contributed by atoms with Crippen LogP contribution in [0.25, 0.3) is 10.9 Å². The first kappa shape index (κ1) is 13.0. The van der Waals surface area contributed by atoms with E-state index in [1.54, 1.807) is 0 Å². The van der Waals surface area contributed by atoms with Crippen molar-refractivity contribution in [1.29, 1.82) is 0 Å². The molecule has 0 saturated carbocycles. The molecule has 0 aliphatic carbocycles. The van der Waals surface area contributed by atoms with Gasteiger partial charge < -0.3 is 9.47 Å². The zero-order valence-electron chi connectivity index (χ0n) is 12.1. The normalized spacial score (nSPS) is 14.6. The Bertz CT molecular complexity index is 839. The monoisotopic (exact) mass is 292 g/mol. The summed E-state index contributed by atoms with van der Waals surface area (Å²) in [5, 5.41) is 1.05. The van der Waals surface area contributed by atoms with E-state index in [0.717, 1.165) is 36.1 Å². The fourth-order valence-electron chi connectivity index (χ4n) is 2.91. The molecular formula is C17H16N4O. The van der Waals surface area contributed by atoms with Crippen molar-refractivity contribution in [1.82, 2.24) is 19.4 Å². The van der Waals surface area contributed by atoms with E-state index in [1.165, 1.54) is 0 Å². The van der Waals surface area contributed by atoms with E-state index in [0.29, 0.717) is 12.2 Å². The molecule has 3 aromatic rings. The van der Waals surface area contributed by atoms with Crippen molar-refractivity contribution >= 4 is 16.8 Å². The third-order valence-corrected chi connectivity index (χ3v) is 4.08. The van der Waals surface area contributed by atoms with Gasteiger partial charge in [-0.1, -0.05) is 24.3 Å². The predicted molar refractivity (Wildman–Crippen MR) is 83.3 cm³/mol. The molecule has 4 rings (SSSR count). The third-order valence-electron chi connectivity index (χ3n) is 4.08. The molecule has 0 bridgehead atoms. The van der Waals surface area contributed by atoms with Crippen LogP contribution in [0.1, 0.15) is 22.6 Å². The molecule has 5 nitrogen and oxygen atoms in total. The van der Waals surface area contributed by atoms with E-state index in [4.69, 9.17) is 0 Å². The number of rotatable bonds is 1. The maximum absolute atomic E-state index is 12.8. The molecule has 22 heavy (non-hydrogen) atoms. The van der Waals surface area contributed by atoms with Crippen molar-refractivity contribution < 1.29 is 4.79 Å². The number of pyridine rings is 1. The molecular weight excluding hydrogens is 276 g/mol. The second-order valence-corrected chi connectivity index (χ2v) is 5.55. The Morgan fingerprint density at radius 3 is 2.95 bits per heavy atom. The molecule has 0 unspecified atom stereocenters. The minimum atomic E-state index is -0.0135. The Balaban J connectivity index is 1.65. The second kappa shape index (κ2) is 5.26. The lowest BCUT2D eigenvalue weighted by Gasteiger charge is -2.19. The molecule has 0 radical (unpaired) electrons. The number of hydrogen-bond donors (Lipinski definition) is 0. The van der Waals surface area contributed by atoms with Gasteiger partial charge in [0.1, 0.15) is 5.69 Å². The maximum Gasteiger partial charge on any atom is 0.272 e. The third kappa shape index (κ3) is 2.24. The second-order valence-electron chi connectivity index (χ2n) is 5.55. The summed E-state index contributed by atoms with van der Waals surface area (Å²) in [6, 6.07) is 11.6. The van der Waals surface area contributed by atoms with E-state index in [2.05, 4.69) is 14.5 Å². The Kier molecular flexibility index (Phi) is 3.11. The molecule has 1 aliphatic heterocycles. The van der Waals surface area contributed by atoms with Crippen molar-refractivity contribution in [2.24, 2.45) is 0 Å². The maximum atomic E-state index is 12.8. The van der Waals surface area contributed by atoms with Crippen LogP contribution in [0.3, 0.4) is 0 Å². The van der Waals surface area contributed by atoms with Gasteiger partial charge in [-0.25, -0.2) is 9.97 Å². The molecule has 1 amide bonds. The van der Waals surface area contributed by atoms with Crippen molar-refractivity contribution in [3.05, 3.63) is 60.3 Å². The molecule has 2 aromatic heterocycles. The van der Waals surface area contributed by atoms with E-state index >= 15 is 0 Å². The fourth-order valence-corrected chi connectivity index (χ4v) is 2.91. The SMILES string of the molecule is O=C(c1ccc2ccccc2n1)N1CCCn2cncc2C1. The lowest BCUT2D eigenvalue weighted by atomic mass is 10.2. The molecule has 3 heterocycles. The lowest BCUT2D eigenvalue weighted by molar-refractivity contribution is 0.0740. The fraction of sp³-hybridized carbons (Fsp3) is 0.235. The molecule has 0 atom stereocenters. The van der Waals surface area contributed by atoms with E-state index in [1.807, 2.05) is 53.8 Å². The average Bonchev–Trinajstić information content (AvgIpc) is 2.90. The summed E-state index contributed by atoms with van der Waals surface area (Å²) in [6.07, 6.45) is 4.60. The van der Waals surface area contributed by atoms with Crippen molar-refractivity contribution in [3.63, 3.8) is 0 Å². The number of carbonyl (C=O) groups excluding carboxylic acids is 1. The number of aromatic nitrogens is 3. The minimum Gasteiger partial charge on any atom is -0.333 e. The van der Waals surface area contributed by atoms with Gasteiger partial charge in [0.15, 0.2) is 0 Å². The van der Waals surface area contributed by atoms with E-state index < -0.39 is 0 Å². The van der Waals surface area contributed by atoms with Crippen LogP contribution in [0.4, 0.5) is 0 Å². The number of aryl methyl sites for hydroxylation is 1. The summed E-state index contributed by atoms with van der Waals surface area (Å²) in [6.45, 7) is 2.24. The number of imidazole rings is 1. The molecule has 5 heteroatoms. The van der Waals surface area contributed by atoms with Gasteiger partial charge in [0, 0.05) is 24.7 Å². The van der Waals surface area contributed by atoms with Gasteiger partial charge >= 0.3 is 0 Å². The van der Waals surface area contributed by atoms with Crippen LogP contribution in [0.5, 0.6) is 0 Å². The summed E-state index contributed by atoms with van der Waals surface area (Å²) in [4.78, 5) is 23.3. The molecule has 1 aromatic carbocycles. The highest BCUT2D eigenvalue weighted by Crippen LogP contribution is 2.16. The molecule has 0 spiro atoms. The molecule has 0 saturated heterocycles. The first-order valence-corrected chi connectivity index (χ1v) is 7.45. The molecule has 0 N–H and O–H groups in total. The first-order chi connectivity index (χ1) is 10.8. The standard InChI is InChI=1S/C17H16N4O/c22-17(16-7-6-13-4-1-2-5-15(13)19-16)20-8-3-9-21-12-18-10-14(21)11-20/h1-2,4-7,10,12H,3,8-9,11H2. The zero-order chi connectivity index (χ0) is 14.9. The number of fused-ring (bicyclic) bond motifs is 2. The zero-order valence-corrected chi connectivity index (χ0v) is 12.1. The Hall–Kier alpha value is -2.69. The van der Waals surface area contributed by atoms with Gasteiger partial charge in [-0.3, -0.25) is 4.79 Å². The predicted octanol–water partition coefficient (Wildman–Crippen LogP) is 2.48. The molecule has 1 aliphatic rings. The quantitative estimate of drug-likeness (QED) is 0.692. The number of carbonyl (C=O) groups is 1. The minimum absolute atomic E-state index is 0.0135. The van der Waals surface area contributed by atoms with Crippen LogP contribution < -0.4 is 0 Å². The summed E-state index contributed by atoms with van der Waals surface area (Å²) in [5.74, 6) is -0.0135.